The third-order valence-electron chi connectivity index (χ3n) is 5.90. The van der Waals surface area contributed by atoms with Gasteiger partial charge in [-0.15, -0.1) is 0 Å². The summed E-state index contributed by atoms with van der Waals surface area (Å²) in [6.45, 7) is 21.0. The Labute approximate surface area is 269 Å². The third-order valence-corrected chi connectivity index (χ3v) is 5.90. The SMILES string of the molecule is CC(C)c1ccncn1.CC(C)c1cnccn1.CC(C)c1cnccn1.CC(C)c1cncnc1.CC(C)c1ncccn1. The van der Waals surface area contributed by atoms with Crippen LogP contribution < -0.4 is 0 Å². The van der Waals surface area contributed by atoms with Crippen molar-refractivity contribution in [1.82, 2.24) is 49.8 Å². The summed E-state index contributed by atoms with van der Waals surface area (Å²) in [5.74, 6) is 3.36. The zero-order valence-electron chi connectivity index (χ0n) is 28.5. The van der Waals surface area contributed by atoms with Gasteiger partial charge in [-0.3, -0.25) is 19.9 Å². The van der Waals surface area contributed by atoms with Gasteiger partial charge in [0, 0.05) is 79.8 Å². The van der Waals surface area contributed by atoms with Crippen molar-refractivity contribution < 1.29 is 0 Å². The molecule has 0 saturated carbocycles. The first-order valence-corrected chi connectivity index (χ1v) is 15.3. The summed E-state index contributed by atoms with van der Waals surface area (Å²) in [4.78, 5) is 39.9. The van der Waals surface area contributed by atoms with Crippen molar-refractivity contribution in [1.29, 1.82) is 0 Å². The zero-order valence-corrected chi connectivity index (χ0v) is 28.5. The van der Waals surface area contributed by atoms with Crippen molar-refractivity contribution in [2.24, 2.45) is 0 Å². The number of hydrogen-bond acceptors (Lipinski definition) is 10. The minimum Gasteiger partial charge on any atom is -0.261 e. The fourth-order valence-corrected chi connectivity index (χ4v) is 3.08. The van der Waals surface area contributed by atoms with Gasteiger partial charge >= 0.3 is 0 Å². The lowest BCUT2D eigenvalue weighted by Crippen LogP contribution is -1.93. The molecule has 0 aromatic carbocycles. The number of rotatable bonds is 5. The van der Waals surface area contributed by atoms with E-state index in [1.54, 1.807) is 68.4 Å². The second-order valence-electron chi connectivity index (χ2n) is 11.4. The van der Waals surface area contributed by atoms with Gasteiger partial charge in [0.2, 0.25) is 0 Å². The molecule has 10 nitrogen and oxygen atoms in total. The smallest absolute Gasteiger partial charge is 0.130 e. The molecule has 5 aromatic heterocycles. The van der Waals surface area contributed by atoms with Crippen LogP contribution in [0, 0.1) is 0 Å². The molecule has 5 aromatic rings. The first kappa shape index (κ1) is 38.4. The number of aromatic nitrogens is 10. The summed E-state index contributed by atoms with van der Waals surface area (Å²) in [5.41, 5.74) is 4.40. The Balaban J connectivity index is 0.000000281. The van der Waals surface area contributed by atoms with E-state index in [0.29, 0.717) is 29.6 Å². The van der Waals surface area contributed by atoms with Gasteiger partial charge in [0.15, 0.2) is 0 Å². The highest BCUT2D eigenvalue weighted by molar-refractivity contribution is 5.07. The first-order valence-electron chi connectivity index (χ1n) is 15.3. The maximum atomic E-state index is 4.12. The monoisotopic (exact) mass is 610 g/mol. The molecule has 0 radical (unpaired) electrons. The maximum Gasteiger partial charge on any atom is 0.130 e. The quantitative estimate of drug-likeness (QED) is 0.193. The lowest BCUT2D eigenvalue weighted by atomic mass is 10.1. The molecule has 0 unspecified atom stereocenters. The molecule has 0 atom stereocenters. The van der Waals surface area contributed by atoms with E-state index >= 15 is 0 Å². The second-order valence-corrected chi connectivity index (χ2v) is 11.4. The molecule has 0 fully saturated rings. The van der Waals surface area contributed by atoms with E-state index in [4.69, 9.17) is 0 Å². The van der Waals surface area contributed by atoms with E-state index in [0.717, 1.165) is 22.9 Å². The number of nitrogens with zero attached hydrogens (tertiary/aromatic N) is 10. The predicted octanol–water partition coefficient (Wildman–Crippen LogP) is 8.00. The van der Waals surface area contributed by atoms with Crippen LogP contribution >= 0.6 is 0 Å². The van der Waals surface area contributed by atoms with Gasteiger partial charge in [0.05, 0.1) is 11.4 Å². The summed E-state index contributed by atoms with van der Waals surface area (Å²) < 4.78 is 0. The Hall–Kier alpha value is -4.60. The second kappa shape index (κ2) is 22.9. The standard InChI is InChI=1S/5C7H10N2/c1-6(2)7-3-8-5-9-4-7;2*1-6(2)7-5-8-3-4-9-7;1-6(2)7-3-4-8-5-9-7;1-6(2)7-8-4-3-5-9-7/h5*3-6H,1-2H3. The highest BCUT2D eigenvalue weighted by atomic mass is 14.9. The van der Waals surface area contributed by atoms with Crippen LogP contribution in [0.5, 0.6) is 0 Å². The van der Waals surface area contributed by atoms with Crippen LogP contribution in [-0.4, -0.2) is 49.8 Å². The molecule has 0 spiro atoms. The lowest BCUT2D eigenvalue weighted by Gasteiger charge is -1.99. The molecule has 0 saturated heterocycles. The van der Waals surface area contributed by atoms with Gasteiger partial charge in [-0.1, -0.05) is 69.2 Å². The van der Waals surface area contributed by atoms with Gasteiger partial charge in [-0.25, -0.2) is 29.9 Å². The molecule has 0 N–H and O–H groups in total. The molecule has 5 heterocycles. The Bertz CT molecular complexity index is 1100. The third kappa shape index (κ3) is 18.0. The van der Waals surface area contributed by atoms with Gasteiger partial charge in [0.1, 0.15) is 18.5 Å². The first-order chi connectivity index (χ1) is 21.5. The van der Waals surface area contributed by atoms with Crippen LogP contribution in [0.3, 0.4) is 0 Å². The van der Waals surface area contributed by atoms with Crippen LogP contribution in [0.4, 0.5) is 0 Å². The minimum atomic E-state index is 0.436. The van der Waals surface area contributed by atoms with Crippen molar-refractivity contribution >= 4 is 0 Å². The summed E-state index contributed by atoms with van der Waals surface area (Å²) >= 11 is 0. The van der Waals surface area contributed by atoms with Gasteiger partial charge in [0.25, 0.3) is 0 Å². The largest absolute Gasteiger partial charge is 0.261 e. The van der Waals surface area contributed by atoms with E-state index in [9.17, 15) is 0 Å². The van der Waals surface area contributed by atoms with Crippen LogP contribution in [-0.2, 0) is 0 Å². The van der Waals surface area contributed by atoms with Crippen molar-refractivity contribution in [3.8, 4) is 0 Å². The molecular weight excluding hydrogens is 560 g/mol. The summed E-state index contributed by atoms with van der Waals surface area (Å²) in [5, 5.41) is 0. The molecule has 0 aliphatic heterocycles. The zero-order chi connectivity index (χ0) is 33.5. The van der Waals surface area contributed by atoms with E-state index in [-0.39, 0.29) is 0 Å². The Morgan fingerprint density at radius 2 is 0.889 bits per heavy atom. The lowest BCUT2D eigenvalue weighted by molar-refractivity contribution is 0.774. The summed E-state index contributed by atoms with van der Waals surface area (Å²) in [6, 6.07) is 3.76. The summed E-state index contributed by atoms with van der Waals surface area (Å²) in [7, 11) is 0. The van der Waals surface area contributed by atoms with E-state index < -0.39 is 0 Å². The minimum absolute atomic E-state index is 0.436. The molecule has 0 amide bonds. The topological polar surface area (TPSA) is 129 Å². The Morgan fingerprint density at radius 3 is 1.16 bits per heavy atom. The number of hydrogen-bond donors (Lipinski definition) is 0. The molecular formula is C35H50N10. The molecule has 5 rings (SSSR count). The van der Waals surface area contributed by atoms with Crippen molar-refractivity contribution in [3.05, 3.63) is 121 Å². The van der Waals surface area contributed by atoms with Crippen LogP contribution in [0.1, 0.15) is 127 Å². The predicted molar refractivity (Wildman–Crippen MR) is 181 cm³/mol. The Kier molecular flexibility index (Phi) is 19.5. The van der Waals surface area contributed by atoms with Crippen LogP contribution in [0.2, 0.25) is 0 Å². The average Bonchev–Trinajstić information content (AvgIpc) is 3.08. The van der Waals surface area contributed by atoms with Gasteiger partial charge in [-0.2, -0.15) is 0 Å². The fourth-order valence-electron chi connectivity index (χ4n) is 3.08. The van der Waals surface area contributed by atoms with Crippen LogP contribution in [0.15, 0.2) is 93.0 Å². The van der Waals surface area contributed by atoms with Gasteiger partial charge in [-0.05, 0) is 41.4 Å². The summed E-state index contributed by atoms with van der Waals surface area (Å²) in [6.07, 6.45) is 22.5. The molecule has 10 heteroatoms. The normalized spacial score (nSPS) is 10.1. The molecule has 45 heavy (non-hydrogen) atoms. The highest BCUT2D eigenvalue weighted by Gasteiger charge is 1.99. The highest BCUT2D eigenvalue weighted by Crippen LogP contribution is 2.10. The Morgan fingerprint density at radius 1 is 0.378 bits per heavy atom. The molecule has 0 aliphatic carbocycles. The molecule has 0 aliphatic rings. The van der Waals surface area contributed by atoms with Crippen molar-refractivity contribution in [2.75, 3.05) is 0 Å². The van der Waals surface area contributed by atoms with Crippen molar-refractivity contribution in [3.63, 3.8) is 0 Å². The fraction of sp³-hybridized carbons (Fsp3) is 0.429. The van der Waals surface area contributed by atoms with E-state index in [1.165, 1.54) is 5.56 Å². The van der Waals surface area contributed by atoms with Crippen molar-refractivity contribution in [2.45, 2.75) is 98.8 Å². The molecule has 240 valence electrons. The maximum absolute atomic E-state index is 4.12. The van der Waals surface area contributed by atoms with E-state index in [2.05, 4.69) is 119 Å². The van der Waals surface area contributed by atoms with Crippen LogP contribution in [0.25, 0.3) is 0 Å². The van der Waals surface area contributed by atoms with Gasteiger partial charge < -0.3 is 0 Å². The molecule has 0 bridgehead atoms. The van der Waals surface area contributed by atoms with E-state index in [1.807, 2.05) is 24.5 Å². The average molecular weight is 611 g/mol.